The van der Waals surface area contributed by atoms with Gasteiger partial charge in [0.15, 0.2) is 5.69 Å². The van der Waals surface area contributed by atoms with Crippen molar-refractivity contribution in [3.63, 3.8) is 0 Å². The van der Waals surface area contributed by atoms with E-state index in [0.29, 0.717) is 26.3 Å². The van der Waals surface area contributed by atoms with Gasteiger partial charge in [0.05, 0.1) is 19.5 Å². The smallest absolute Gasteiger partial charge is 0.356 e. The predicted molar refractivity (Wildman–Crippen MR) is 64.9 cm³/mol. The summed E-state index contributed by atoms with van der Waals surface area (Å²) in [6, 6.07) is 0. The number of carboxylic acids is 1. The molecule has 0 saturated heterocycles. The van der Waals surface area contributed by atoms with Gasteiger partial charge in [0.2, 0.25) is 5.91 Å². The molecule has 106 valence electrons. The molecular weight excluding hydrogens is 254 g/mol. The van der Waals surface area contributed by atoms with Gasteiger partial charge in [-0.15, -0.1) is 0 Å². The van der Waals surface area contributed by atoms with Gasteiger partial charge in [-0.1, -0.05) is 0 Å². The largest absolute Gasteiger partial charge is 0.476 e. The molecule has 0 radical (unpaired) electrons. The molecule has 8 heteroatoms. The number of hydrogen-bond donors (Lipinski definition) is 2. The van der Waals surface area contributed by atoms with Crippen LogP contribution < -0.4 is 5.32 Å². The Labute approximate surface area is 110 Å². The molecule has 8 nitrogen and oxygen atoms in total. The third-order valence-corrected chi connectivity index (χ3v) is 2.21. The molecular formula is C11H17N3O5. The molecule has 0 saturated carbocycles. The van der Waals surface area contributed by atoms with Crippen LogP contribution in [0.2, 0.25) is 0 Å². The van der Waals surface area contributed by atoms with Crippen LogP contribution >= 0.6 is 0 Å². The van der Waals surface area contributed by atoms with Gasteiger partial charge < -0.3 is 24.5 Å². The normalized spacial score (nSPS) is 10.4. The Balaban J connectivity index is 2.15. The summed E-state index contributed by atoms with van der Waals surface area (Å²) in [6.45, 7) is 1.62. The van der Waals surface area contributed by atoms with Gasteiger partial charge in [-0.05, 0) is 0 Å². The lowest BCUT2D eigenvalue weighted by Crippen LogP contribution is -2.30. The van der Waals surface area contributed by atoms with E-state index < -0.39 is 5.97 Å². The highest BCUT2D eigenvalue weighted by atomic mass is 16.5. The number of aromatic nitrogens is 2. The van der Waals surface area contributed by atoms with Gasteiger partial charge >= 0.3 is 5.97 Å². The van der Waals surface area contributed by atoms with E-state index in [0.717, 1.165) is 0 Å². The van der Waals surface area contributed by atoms with Crippen LogP contribution in [0.5, 0.6) is 0 Å². The van der Waals surface area contributed by atoms with Crippen LogP contribution in [0.4, 0.5) is 0 Å². The first-order valence-electron chi connectivity index (χ1n) is 5.72. The second-order valence-corrected chi connectivity index (χ2v) is 3.70. The maximum atomic E-state index is 11.3. The number of hydrogen-bond acceptors (Lipinski definition) is 5. The lowest BCUT2D eigenvalue weighted by molar-refractivity contribution is -0.126. The summed E-state index contributed by atoms with van der Waals surface area (Å²) in [5, 5.41) is 11.3. The van der Waals surface area contributed by atoms with Crippen LogP contribution in [0, 0.1) is 0 Å². The number of nitrogens with zero attached hydrogens (tertiary/aromatic N) is 2. The molecule has 1 aromatic heterocycles. The third kappa shape index (κ3) is 5.98. The first-order valence-corrected chi connectivity index (χ1v) is 5.72. The first kappa shape index (κ1) is 15.1. The number of carbonyl (C=O) groups is 2. The van der Waals surface area contributed by atoms with Crippen molar-refractivity contribution in [3.8, 4) is 0 Å². The van der Waals surface area contributed by atoms with Crippen LogP contribution in [-0.4, -0.2) is 60.0 Å². The van der Waals surface area contributed by atoms with Crippen molar-refractivity contribution in [2.75, 3.05) is 33.5 Å². The third-order valence-electron chi connectivity index (χ3n) is 2.21. The fourth-order valence-corrected chi connectivity index (χ4v) is 1.28. The number of ether oxygens (including phenoxy) is 2. The van der Waals surface area contributed by atoms with Crippen molar-refractivity contribution in [3.05, 3.63) is 18.2 Å². The molecule has 2 N–H and O–H groups in total. The molecule has 0 fully saturated rings. The van der Waals surface area contributed by atoms with Crippen LogP contribution in [0.15, 0.2) is 12.5 Å². The van der Waals surface area contributed by atoms with Crippen molar-refractivity contribution in [1.29, 1.82) is 0 Å². The maximum absolute atomic E-state index is 11.3. The summed E-state index contributed by atoms with van der Waals surface area (Å²) in [4.78, 5) is 25.6. The number of imidazole rings is 1. The van der Waals surface area contributed by atoms with E-state index in [9.17, 15) is 9.59 Å². The Morgan fingerprint density at radius 3 is 2.89 bits per heavy atom. The highest BCUT2D eigenvalue weighted by Crippen LogP contribution is 1.95. The summed E-state index contributed by atoms with van der Waals surface area (Å²) in [6.07, 6.45) is 2.81. The standard InChI is InChI=1S/C11H17N3O5/c1-18-4-5-19-7-10(15)12-2-3-14-6-9(11(16)17)13-8-14/h6,8H,2-5,7H2,1H3,(H,12,15)(H,16,17). The molecule has 0 aliphatic heterocycles. The number of carbonyl (C=O) groups excluding carboxylic acids is 1. The highest BCUT2D eigenvalue weighted by molar-refractivity contribution is 5.84. The van der Waals surface area contributed by atoms with E-state index in [1.54, 1.807) is 11.7 Å². The van der Waals surface area contributed by atoms with Crippen LogP contribution in [0.3, 0.4) is 0 Å². The molecule has 1 aromatic rings. The van der Waals surface area contributed by atoms with Crippen LogP contribution in [0.1, 0.15) is 10.5 Å². The zero-order valence-corrected chi connectivity index (χ0v) is 10.7. The molecule has 0 spiro atoms. The topological polar surface area (TPSA) is 103 Å². The summed E-state index contributed by atoms with van der Waals surface area (Å²) in [5.74, 6) is -1.30. The fourth-order valence-electron chi connectivity index (χ4n) is 1.28. The van der Waals surface area contributed by atoms with Gasteiger partial charge in [0.1, 0.15) is 6.61 Å². The Hall–Kier alpha value is -1.93. The van der Waals surface area contributed by atoms with E-state index in [1.165, 1.54) is 12.5 Å². The van der Waals surface area contributed by atoms with Gasteiger partial charge in [0, 0.05) is 26.4 Å². The number of methoxy groups -OCH3 is 1. The lowest BCUT2D eigenvalue weighted by Gasteiger charge is -2.06. The molecule has 0 bridgehead atoms. The molecule has 0 atom stereocenters. The molecule has 0 aliphatic carbocycles. The Bertz CT molecular complexity index is 418. The maximum Gasteiger partial charge on any atom is 0.356 e. The number of aromatic carboxylic acids is 1. The molecule has 1 heterocycles. The molecule has 1 amide bonds. The van der Waals surface area contributed by atoms with Crippen molar-refractivity contribution < 1.29 is 24.2 Å². The zero-order chi connectivity index (χ0) is 14.1. The Kier molecular flexibility index (Phi) is 6.55. The minimum absolute atomic E-state index is 0.0192. The Morgan fingerprint density at radius 2 is 2.26 bits per heavy atom. The van der Waals surface area contributed by atoms with Crippen molar-refractivity contribution in [2.45, 2.75) is 6.54 Å². The fraction of sp³-hybridized carbons (Fsp3) is 0.545. The average molecular weight is 271 g/mol. The van der Waals surface area contributed by atoms with Crippen molar-refractivity contribution in [2.24, 2.45) is 0 Å². The van der Waals surface area contributed by atoms with E-state index in [1.807, 2.05) is 0 Å². The molecule has 0 unspecified atom stereocenters. The summed E-state index contributed by atoms with van der Waals surface area (Å²) in [5.41, 5.74) is -0.0192. The van der Waals surface area contributed by atoms with Gasteiger partial charge in [-0.2, -0.15) is 0 Å². The SMILES string of the molecule is COCCOCC(=O)NCCn1cnc(C(=O)O)c1. The zero-order valence-electron chi connectivity index (χ0n) is 10.7. The summed E-state index contributed by atoms with van der Waals surface area (Å²) < 4.78 is 11.4. The Morgan fingerprint density at radius 1 is 1.47 bits per heavy atom. The van der Waals surface area contributed by atoms with Gasteiger partial charge in [0.25, 0.3) is 0 Å². The van der Waals surface area contributed by atoms with E-state index in [4.69, 9.17) is 14.6 Å². The van der Waals surface area contributed by atoms with Crippen molar-refractivity contribution >= 4 is 11.9 Å². The molecule has 0 aromatic carbocycles. The predicted octanol–water partition coefficient (Wildman–Crippen LogP) is -0.639. The average Bonchev–Trinajstić information content (AvgIpc) is 2.84. The van der Waals surface area contributed by atoms with E-state index >= 15 is 0 Å². The minimum Gasteiger partial charge on any atom is -0.476 e. The number of rotatable bonds is 9. The van der Waals surface area contributed by atoms with Gasteiger partial charge in [-0.3, -0.25) is 4.79 Å². The highest BCUT2D eigenvalue weighted by Gasteiger charge is 2.06. The van der Waals surface area contributed by atoms with E-state index in [-0.39, 0.29) is 18.2 Å². The van der Waals surface area contributed by atoms with Crippen LogP contribution in [0.25, 0.3) is 0 Å². The second kappa shape index (κ2) is 8.22. The first-order chi connectivity index (χ1) is 9.13. The second-order valence-electron chi connectivity index (χ2n) is 3.70. The van der Waals surface area contributed by atoms with Crippen LogP contribution in [-0.2, 0) is 20.8 Å². The summed E-state index contributed by atoms with van der Waals surface area (Å²) in [7, 11) is 1.56. The minimum atomic E-state index is -1.07. The van der Waals surface area contributed by atoms with Crippen molar-refractivity contribution in [1.82, 2.24) is 14.9 Å². The molecule has 19 heavy (non-hydrogen) atoms. The summed E-state index contributed by atoms with van der Waals surface area (Å²) >= 11 is 0. The monoisotopic (exact) mass is 271 g/mol. The lowest BCUT2D eigenvalue weighted by atomic mass is 10.5. The molecule has 0 aliphatic rings. The number of carboxylic acid groups (broad SMARTS) is 1. The number of nitrogens with one attached hydrogen (secondary N) is 1. The quantitative estimate of drug-likeness (QED) is 0.579. The number of amides is 1. The van der Waals surface area contributed by atoms with E-state index in [2.05, 4.69) is 10.3 Å². The van der Waals surface area contributed by atoms with Gasteiger partial charge in [-0.25, -0.2) is 9.78 Å². The molecule has 1 rings (SSSR count).